The lowest BCUT2D eigenvalue weighted by Crippen LogP contribution is -2.45. The van der Waals surface area contributed by atoms with Crippen LogP contribution in [0, 0.1) is 0 Å². The van der Waals surface area contributed by atoms with Gasteiger partial charge in [0.05, 0.1) is 7.11 Å². The number of nitrogens with zero attached hydrogens (tertiary/aromatic N) is 2. The van der Waals surface area contributed by atoms with Gasteiger partial charge in [0.1, 0.15) is 5.75 Å². The molecule has 1 aromatic rings. The minimum Gasteiger partial charge on any atom is -0.497 e. The number of ether oxygens (including phenoxy) is 1. The summed E-state index contributed by atoms with van der Waals surface area (Å²) in [7, 11) is 3.84. The first-order valence-electron chi connectivity index (χ1n) is 7.77. The minimum atomic E-state index is 0.659. The van der Waals surface area contributed by atoms with E-state index >= 15 is 0 Å². The molecule has 22 heavy (non-hydrogen) atoms. The van der Waals surface area contributed by atoms with Crippen molar-refractivity contribution in [1.82, 2.24) is 15.1 Å². The van der Waals surface area contributed by atoms with Gasteiger partial charge in [-0.15, -0.1) is 0 Å². The van der Waals surface area contributed by atoms with E-state index in [-0.39, 0.29) is 0 Å². The van der Waals surface area contributed by atoms with Crippen molar-refractivity contribution in [3.63, 3.8) is 0 Å². The molecule has 122 valence electrons. The van der Waals surface area contributed by atoms with Gasteiger partial charge in [-0.05, 0) is 44.4 Å². The number of anilines is 1. The molecule has 2 N–H and O–H groups in total. The summed E-state index contributed by atoms with van der Waals surface area (Å²) in [4.78, 5) is 4.89. The average Bonchev–Trinajstić information content (AvgIpc) is 2.53. The molecule has 0 amide bonds. The van der Waals surface area contributed by atoms with Gasteiger partial charge in [0.2, 0.25) is 0 Å². The molecule has 0 atom stereocenters. The summed E-state index contributed by atoms with van der Waals surface area (Å²) >= 11 is 5.32. The van der Waals surface area contributed by atoms with Crippen molar-refractivity contribution in [2.75, 3.05) is 58.7 Å². The summed E-state index contributed by atoms with van der Waals surface area (Å²) in [5, 5.41) is 7.10. The highest BCUT2D eigenvalue weighted by atomic mass is 32.1. The Labute approximate surface area is 138 Å². The molecule has 1 aromatic carbocycles. The Morgan fingerprint density at radius 1 is 1.27 bits per heavy atom. The van der Waals surface area contributed by atoms with Gasteiger partial charge >= 0.3 is 0 Å². The van der Waals surface area contributed by atoms with Crippen LogP contribution in [0.1, 0.15) is 6.42 Å². The maximum Gasteiger partial charge on any atom is 0.170 e. The largest absolute Gasteiger partial charge is 0.497 e. The van der Waals surface area contributed by atoms with Gasteiger partial charge in [-0.1, -0.05) is 6.07 Å². The van der Waals surface area contributed by atoms with Crippen LogP contribution in [-0.4, -0.2) is 68.3 Å². The molecule has 0 aromatic heterocycles. The average molecular weight is 322 g/mol. The van der Waals surface area contributed by atoms with E-state index in [0.29, 0.717) is 5.11 Å². The molecule has 0 spiro atoms. The lowest BCUT2D eigenvalue weighted by Gasteiger charge is -2.32. The molecule has 0 saturated carbocycles. The van der Waals surface area contributed by atoms with Gasteiger partial charge in [-0.25, -0.2) is 0 Å². The maximum atomic E-state index is 5.32. The summed E-state index contributed by atoms with van der Waals surface area (Å²) in [5.41, 5.74) is 0.941. The minimum absolute atomic E-state index is 0.659. The molecule has 0 bridgehead atoms. The van der Waals surface area contributed by atoms with E-state index in [9.17, 15) is 0 Å². The summed E-state index contributed by atoms with van der Waals surface area (Å²) in [5.74, 6) is 0.822. The normalized spacial score (nSPS) is 16.3. The quantitative estimate of drug-likeness (QED) is 0.613. The van der Waals surface area contributed by atoms with Crippen molar-refractivity contribution >= 4 is 23.0 Å². The van der Waals surface area contributed by atoms with E-state index in [1.807, 2.05) is 24.3 Å². The zero-order chi connectivity index (χ0) is 15.8. The predicted octanol–water partition coefficient (Wildman–Crippen LogP) is 1.62. The van der Waals surface area contributed by atoms with E-state index in [0.717, 1.165) is 30.9 Å². The summed E-state index contributed by atoms with van der Waals surface area (Å²) in [6.45, 7) is 6.70. The number of methoxy groups -OCH3 is 1. The number of hydrogen-bond acceptors (Lipinski definition) is 4. The highest BCUT2D eigenvalue weighted by molar-refractivity contribution is 7.80. The highest BCUT2D eigenvalue weighted by Gasteiger charge is 2.12. The van der Waals surface area contributed by atoms with E-state index < -0.39 is 0 Å². The Bertz CT molecular complexity index is 475. The topological polar surface area (TPSA) is 39.8 Å². The molecule has 0 unspecified atom stereocenters. The fourth-order valence-corrected chi connectivity index (χ4v) is 2.67. The van der Waals surface area contributed by atoms with Crippen LogP contribution >= 0.6 is 12.2 Å². The molecular formula is C16H26N4OS. The van der Waals surface area contributed by atoms with Crippen LogP contribution in [0.3, 0.4) is 0 Å². The number of piperazine rings is 1. The predicted molar refractivity (Wildman–Crippen MR) is 95.8 cm³/mol. The molecule has 0 radical (unpaired) electrons. The number of benzene rings is 1. The number of rotatable bonds is 6. The zero-order valence-electron chi connectivity index (χ0n) is 13.5. The van der Waals surface area contributed by atoms with E-state index in [4.69, 9.17) is 17.0 Å². The fourth-order valence-electron chi connectivity index (χ4n) is 2.45. The first-order valence-corrected chi connectivity index (χ1v) is 8.18. The Hall–Kier alpha value is -1.37. The van der Waals surface area contributed by atoms with Crippen molar-refractivity contribution in [1.29, 1.82) is 0 Å². The summed E-state index contributed by atoms with van der Waals surface area (Å²) < 4.78 is 5.20. The first kappa shape index (κ1) is 17.0. The van der Waals surface area contributed by atoms with Gasteiger partial charge in [0.25, 0.3) is 0 Å². The van der Waals surface area contributed by atoms with Crippen LogP contribution in [0.15, 0.2) is 24.3 Å². The lowest BCUT2D eigenvalue weighted by atomic mass is 10.3. The van der Waals surface area contributed by atoms with Gasteiger partial charge in [-0.3, -0.25) is 0 Å². The van der Waals surface area contributed by atoms with Crippen LogP contribution in [-0.2, 0) is 0 Å². The third kappa shape index (κ3) is 5.79. The molecule has 1 aliphatic rings. The van der Waals surface area contributed by atoms with Crippen LogP contribution in [0.5, 0.6) is 5.75 Å². The number of nitrogens with one attached hydrogen (secondary N) is 2. The van der Waals surface area contributed by atoms with Crippen LogP contribution < -0.4 is 15.4 Å². The molecule has 1 heterocycles. The Kier molecular flexibility index (Phi) is 6.89. The molecule has 0 aliphatic carbocycles. The molecule has 1 aliphatic heterocycles. The second-order valence-corrected chi connectivity index (χ2v) is 6.02. The molecule has 2 rings (SSSR count). The smallest absolute Gasteiger partial charge is 0.170 e. The third-order valence-electron chi connectivity index (χ3n) is 3.86. The number of likely N-dealkylation sites (N-methyl/N-ethyl adjacent to an activating group) is 1. The summed E-state index contributed by atoms with van der Waals surface area (Å²) in [6.07, 6.45) is 1.10. The second kappa shape index (κ2) is 8.92. The summed E-state index contributed by atoms with van der Waals surface area (Å²) in [6, 6.07) is 7.76. The fraction of sp³-hybridized carbons (Fsp3) is 0.562. The van der Waals surface area contributed by atoms with Crippen molar-refractivity contribution in [2.24, 2.45) is 0 Å². The number of thiocarbonyl (C=S) groups is 1. The van der Waals surface area contributed by atoms with Crippen molar-refractivity contribution in [2.45, 2.75) is 6.42 Å². The molecule has 5 nitrogen and oxygen atoms in total. The Balaban J connectivity index is 1.61. The van der Waals surface area contributed by atoms with Gasteiger partial charge in [0, 0.05) is 44.5 Å². The maximum absolute atomic E-state index is 5.32. The van der Waals surface area contributed by atoms with E-state index in [2.05, 4.69) is 27.5 Å². The third-order valence-corrected chi connectivity index (χ3v) is 4.11. The van der Waals surface area contributed by atoms with Crippen molar-refractivity contribution < 1.29 is 4.74 Å². The zero-order valence-corrected chi connectivity index (χ0v) is 14.3. The van der Waals surface area contributed by atoms with E-state index in [1.165, 1.54) is 26.2 Å². The standard InChI is InChI=1S/C16H26N4OS/c1-19-9-11-20(12-10-19)8-4-7-17-16(22)18-14-5-3-6-15(13-14)21-2/h3,5-6,13H,4,7-12H2,1-2H3,(H2,17,18,22). The first-order chi connectivity index (χ1) is 10.7. The molecule has 1 saturated heterocycles. The Morgan fingerprint density at radius 3 is 2.77 bits per heavy atom. The Morgan fingerprint density at radius 2 is 2.05 bits per heavy atom. The number of hydrogen-bond donors (Lipinski definition) is 2. The highest BCUT2D eigenvalue weighted by Crippen LogP contribution is 2.16. The second-order valence-electron chi connectivity index (χ2n) is 5.61. The molecular weight excluding hydrogens is 296 g/mol. The van der Waals surface area contributed by atoms with Crippen molar-refractivity contribution in [3.8, 4) is 5.75 Å². The van der Waals surface area contributed by atoms with Gasteiger partial charge in [0.15, 0.2) is 5.11 Å². The van der Waals surface area contributed by atoms with Crippen LogP contribution in [0.4, 0.5) is 5.69 Å². The van der Waals surface area contributed by atoms with E-state index in [1.54, 1.807) is 7.11 Å². The monoisotopic (exact) mass is 322 g/mol. The van der Waals surface area contributed by atoms with Crippen LogP contribution in [0.2, 0.25) is 0 Å². The van der Waals surface area contributed by atoms with Crippen molar-refractivity contribution in [3.05, 3.63) is 24.3 Å². The SMILES string of the molecule is COc1cccc(NC(=S)NCCCN2CCN(C)CC2)c1. The molecule has 1 fully saturated rings. The van der Waals surface area contributed by atoms with Gasteiger partial charge < -0.3 is 25.2 Å². The lowest BCUT2D eigenvalue weighted by molar-refractivity contribution is 0.153. The van der Waals surface area contributed by atoms with Gasteiger partial charge in [-0.2, -0.15) is 0 Å². The molecule has 6 heteroatoms. The van der Waals surface area contributed by atoms with Crippen LogP contribution in [0.25, 0.3) is 0 Å².